The molecular formula is C18H23F7O. The van der Waals surface area contributed by atoms with Crippen molar-refractivity contribution in [3.63, 3.8) is 0 Å². The molecule has 150 valence electrons. The summed E-state index contributed by atoms with van der Waals surface area (Å²) in [6.45, 7) is 4.20. The predicted octanol–water partition coefficient (Wildman–Crippen LogP) is 5.13. The van der Waals surface area contributed by atoms with Crippen LogP contribution in [0.4, 0.5) is 30.7 Å². The molecule has 1 nitrogen and oxygen atoms in total. The Morgan fingerprint density at radius 2 is 1.38 bits per heavy atom. The Labute approximate surface area is 147 Å². The van der Waals surface area contributed by atoms with E-state index in [2.05, 4.69) is 13.8 Å². The summed E-state index contributed by atoms with van der Waals surface area (Å²) in [5, 5.41) is 9.51. The second-order valence-electron chi connectivity index (χ2n) is 9.31. The lowest BCUT2D eigenvalue weighted by Crippen LogP contribution is -2.61. The van der Waals surface area contributed by atoms with Gasteiger partial charge in [-0.25, -0.2) is 4.39 Å². The molecule has 0 aromatic heterocycles. The van der Waals surface area contributed by atoms with Gasteiger partial charge in [-0.1, -0.05) is 13.8 Å². The average Bonchev–Trinajstić information content (AvgIpc) is 3.16. The van der Waals surface area contributed by atoms with Crippen LogP contribution in [0.15, 0.2) is 0 Å². The standard InChI is InChI=1S/C18H23F7O/c1-7-8(2)11-4-10(7)13-9-3-12(14(11)13)15(19,5-9)6-16(26,17(20,21)22)18(23,24)25/h7-14,26H,3-6H2,1-2H3. The maximum absolute atomic E-state index is 15.6. The molecule has 4 fully saturated rings. The van der Waals surface area contributed by atoms with Crippen LogP contribution in [0.5, 0.6) is 0 Å². The second-order valence-corrected chi connectivity index (χ2v) is 9.31. The van der Waals surface area contributed by atoms with E-state index in [1.807, 2.05) is 0 Å². The Hall–Kier alpha value is -0.530. The van der Waals surface area contributed by atoms with E-state index in [1.54, 1.807) is 0 Å². The first kappa shape index (κ1) is 18.8. The molecule has 4 saturated carbocycles. The van der Waals surface area contributed by atoms with Crippen molar-refractivity contribution in [2.45, 2.75) is 63.2 Å². The van der Waals surface area contributed by atoms with Crippen LogP contribution in [0.3, 0.4) is 0 Å². The summed E-state index contributed by atoms with van der Waals surface area (Å²) in [6.07, 6.45) is -12.9. The summed E-state index contributed by atoms with van der Waals surface area (Å²) < 4.78 is 94.0. The first-order valence-electron chi connectivity index (χ1n) is 9.26. The maximum atomic E-state index is 15.6. The fourth-order valence-electron chi connectivity index (χ4n) is 7.33. The number of hydrogen-bond acceptors (Lipinski definition) is 1. The third-order valence-electron chi connectivity index (χ3n) is 8.48. The molecule has 0 saturated heterocycles. The molecule has 8 heteroatoms. The molecule has 0 spiro atoms. The van der Waals surface area contributed by atoms with Gasteiger partial charge in [-0.3, -0.25) is 0 Å². The van der Waals surface area contributed by atoms with E-state index in [4.69, 9.17) is 0 Å². The first-order chi connectivity index (χ1) is 11.7. The molecule has 1 N–H and O–H groups in total. The van der Waals surface area contributed by atoms with Crippen molar-refractivity contribution in [3.8, 4) is 0 Å². The molecule has 0 aromatic rings. The highest BCUT2D eigenvalue weighted by Crippen LogP contribution is 2.74. The van der Waals surface area contributed by atoms with Crippen LogP contribution in [0, 0.1) is 47.3 Å². The van der Waals surface area contributed by atoms with Gasteiger partial charge in [-0.15, -0.1) is 0 Å². The molecule has 0 heterocycles. The SMILES string of the molecule is CC1C(C)C2CC1C1C3CC(C21)C(F)(CC(O)(C(F)(F)F)C(F)(F)F)C3. The smallest absolute Gasteiger partial charge is 0.374 e. The number of halogens is 7. The number of aliphatic hydroxyl groups is 1. The fourth-order valence-corrected chi connectivity index (χ4v) is 7.33. The fraction of sp³-hybridized carbons (Fsp3) is 1.00. The van der Waals surface area contributed by atoms with E-state index in [-0.39, 0.29) is 30.1 Å². The quantitative estimate of drug-likeness (QED) is 0.513. The van der Waals surface area contributed by atoms with Crippen molar-refractivity contribution in [2.75, 3.05) is 0 Å². The summed E-state index contributed by atoms with van der Waals surface area (Å²) in [7, 11) is 0. The lowest BCUT2D eigenvalue weighted by atomic mass is 9.60. The zero-order valence-electron chi connectivity index (χ0n) is 14.5. The second kappa shape index (κ2) is 5.09. The summed E-state index contributed by atoms with van der Waals surface area (Å²) in [5.74, 6) is 0.486. The molecule has 0 radical (unpaired) electrons. The van der Waals surface area contributed by atoms with E-state index in [9.17, 15) is 31.4 Å². The van der Waals surface area contributed by atoms with Crippen molar-refractivity contribution < 1.29 is 35.8 Å². The number of rotatable bonds is 2. The minimum absolute atomic E-state index is 0.138. The van der Waals surface area contributed by atoms with Crippen molar-refractivity contribution in [2.24, 2.45) is 47.3 Å². The zero-order chi connectivity index (χ0) is 19.4. The molecular weight excluding hydrogens is 365 g/mol. The molecule has 9 unspecified atom stereocenters. The molecule has 0 aliphatic heterocycles. The largest absolute Gasteiger partial charge is 0.426 e. The maximum Gasteiger partial charge on any atom is 0.426 e. The van der Waals surface area contributed by atoms with Gasteiger partial charge in [0.25, 0.3) is 5.60 Å². The molecule has 0 amide bonds. The molecule has 26 heavy (non-hydrogen) atoms. The van der Waals surface area contributed by atoms with E-state index < -0.39 is 36.0 Å². The molecule has 4 rings (SSSR count). The van der Waals surface area contributed by atoms with E-state index in [0.29, 0.717) is 24.2 Å². The monoisotopic (exact) mass is 388 g/mol. The van der Waals surface area contributed by atoms with Crippen molar-refractivity contribution in [3.05, 3.63) is 0 Å². The molecule has 4 aliphatic carbocycles. The van der Waals surface area contributed by atoms with E-state index in [1.165, 1.54) is 0 Å². The van der Waals surface area contributed by atoms with Crippen LogP contribution in [0.1, 0.15) is 39.5 Å². The minimum atomic E-state index is -5.96. The first-order valence-corrected chi connectivity index (χ1v) is 9.26. The third-order valence-corrected chi connectivity index (χ3v) is 8.48. The van der Waals surface area contributed by atoms with E-state index >= 15 is 4.39 Å². The minimum Gasteiger partial charge on any atom is -0.374 e. The zero-order valence-corrected chi connectivity index (χ0v) is 14.5. The van der Waals surface area contributed by atoms with Crippen molar-refractivity contribution in [1.29, 1.82) is 0 Å². The van der Waals surface area contributed by atoms with Gasteiger partial charge in [0.15, 0.2) is 0 Å². The Kier molecular flexibility index (Phi) is 3.68. The van der Waals surface area contributed by atoms with Gasteiger partial charge in [-0.05, 0) is 66.6 Å². The highest BCUT2D eigenvalue weighted by molar-refractivity contribution is 5.19. The summed E-state index contributed by atoms with van der Waals surface area (Å²) in [4.78, 5) is 0. The Morgan fingerprint density at radius 1 is 0.885 bits per heavy atom. The van der Waals surface area contributed by atoms with Gasteiger partial charge >= 0.3 is 12.4 Å². The van der Waals surface area contributed by atoms with Gasteiger partial charge in [0.05, 0.1) is 0 Å². The molecule has 0 aromatic carbocycles. The normalized spacial score (nSPS) is 50.5. The highest BCUT2D eigenvalue weighted by Gasteiger charge is 2.77. The Morgan fingerprint density at radius 3 is 1.88 bits per heavy atom. The Bertz CT molecular complexity index is 585. The predicted molar refractivity (Wildman–Crippen MR) is 78.6 cm³/mol. The van der Waals surface area contributed by atoms with E-state index in [0.717, 1.165) is 6.42 Å². The van der Waals surface area contributed by atoms with Gasteiger partial charge < -0.3 is 5.11 Å². The van der Waals surface area contributed by atoms with Crippen LogP contribution in [0.25, 0.3) is 0 Å². The van der Waals surface area contributed by atoms with Crippen LogP contribution < -0.4 is 0 Å². The van der Waals surface area contributed by atoms with Crippen molar-refractivity contribution >= 4 is 0 Å². The van der Waals surface area contributed by atoms with Crippen LogP contribution >= 0.6 is 0 Å². The van der Waals surface area contributed by atoms with Gasteiger partial charge in [0, 0.05) is 6.42 Å². The summed E-state index contributed by atoms with van der Waals surface area (Å²) >= 11 is 0. The average molecular weight is 388 g/mol. The lowest BCUT2D eigenvalue weighted by Gasteiger charge is -2.48. The van der Waals surface area contributed by atoms with Gasteiger partial charge in [0.2, 0.25) is 0 Å². The van der Waals surface area contributed by atoms with Crippen LogP contribution in [-0.4, -0.2) is 28.7 Å². The number of alkyl halides is 7. The number of fused-ring (bicyclic) bond motifs is 9. The lowest BCUT2D eigenvalue weighted by molar-refractivity contribution is -0.378. The Balaban J connectivity index is 1.64. The summed E-state index contributed by atoms with van der Waals surface area (Å²) in [6, 6.07) is 0. The van der Waals surface area contributed by atoms with Crippen molar-refractivity contribution in [1.82, 2.24) is 0 Å². The molecule has 9 atom stereocenters. The third kappa shape index (κ3) is 2.14. The van der Waals surface area contributed by atoms with Crippen LogP contribution in [0.2, 0.25) is 0 Å². The highest BCUT2D eigenvalue weighted by atomic mass is 19.4. The molecule has 4 bridgehead atoms. The van der Waals surface area contributed by atoms with Gasteiger partial charge in [-0.2, -0.15) is 26.3 Å². The van der Waals surface area contributed by atoms with Gasteiger partial charge in [0.1, 0.15) is 5.67 Å². The topological polar surface area (TPSA) is 20.2 Å². The summed E-state index contributed by atoms with van der Waals surface area (Å²) in [5.41, 5.74) is -7.61. The molecule has 4 aliphatic rings. The number of hydrogen-bond donors (Lipinski definition) is 1. The van der Waals surface area contributed by atoms with Crippen LogP contribution in [-0.2, 0) is 0 Å².